The molecule has 0 saturated heterocycles. The first kappa shape index (κ1) is 11.1. The van der Waals surface area contributed by atoms with Crippen LogP contribution in [0.25, 0.3) is 0 Å². The van der Waals surface area contributed by atoms with E-state index in [0.29, 0.717) is 6.04 Å². The van der Waals surface area contributed by atoms with Crippen molar-refractivity contribution in [1.29, 1.82) is 0 Å². The zero-order chi connectivity index (χ0) is 10.2. The van der Waals surface area contributed by atoms with Gasteiger partial charge < -0.3 is 5.32 Å². The van der Waals surface area contributed by atoms with Gasteiger partial charge in [-0.2, -0.15) is 0 Å². The van der Waals surface area contributed by atoms with Gasteiger partial charge in [0.1, 0.15) is 0 Å². The van der Waals surface area contributed by atoms with Crippen molar-refractivity contribution in [1.82, 2.24) is 0 Å². The maximum atomic E-state index is 3.56. The van der Waals surface area contributed by atoms with Gasteiger partial charge in [0, 0.05) is 11.7 Å². The average molecular weight is 191 g/mol. The summed E-state index contributed by atoms with van der Waals surface area (Å²) in [6.45, 7) is 4.49. The molecule has 0 aliphatic heterocycles. The Labute approximate surface area is 87.5 Å². The number of unbranched alkanes of at least 4 members (excludes halogenated alkanes) is 1. The van der Waals surface area contributed by atoms with Gasteiger partial charge in [-0.05, 0) is 25.0 Å². The lowest BCUT2D eigenvalue weighted by Crippen LogP contribution is -2.17. The van der Waals surface area contributed by atoms with E-state index in [1.807, 2.05) is 0 Å². The summed E-state index contributed by atoms with van der Waals surface area (Å²) >= 11 is 0. The first-order chi connectivity index (χ1) is 6.86. The third-order valence-electron chi connectivity index (χ3n) is 2.54. The lowest BCUT2D eigenvalue weighted by Gasteiger charge is -2.17. The Morgan fingerprint density at radius 1 is 1.14 bits per heavy atom. The highest BCUT2D eigenvalue weighted by Gasteiger charge is 2.04. The third kappa shape index (κ3) is 3.82. The van der Waals surface area contributed by atoms with Crippen molar-refractivity contribution >= 4 is 5.69 Å². The molecular formula is C13H21N. The summed E-state index contributed by atoms with van der Waals surface area (Å²) < 4.78 is 0. The molecule has 0 radical (unpaired) electrons. The molecule has 0 bridgehead atoms. The van der Waals surface area contributed by atoms with Crippen LogP contribution in [0.4, 0.5) is 5.69 Å². The number of hydrogen-bond donors (Lipinski definition) is 1. The summed E-state index contributed by atoms with van der Waals surface area (Å²) in [6, 6.07) is 11.1. The van der Waals surface area contributed by atoms with Crippen LogP contribution in [0.1, 0.15) is 39.5 Å². The van der Waals surface area contributed by atoms with E-state index < -0.39 is 0 Å². The first-order valence-corrected chi connectivity index (χ1v) is 5.68. The van der Waals surface area contributed by atoms with E-state index in [1.54, 1.807) is 0 Å². The van der Waals surface area contributed by atoms with Crippen molar-refractivity contribution in [3.05, 3.63) is 30.3 Å². The largest absolute Gasteiger partial charge is 0.382 e. The maximum Gasteiger partial charge on any atom is 0.0342 e. The highest BCUT2D eigenvalue weighted by Crippen LogP contribution is 2.12. The molecule has 1 rings (SSSR count). The Hall–Kier alpha value is -0.980. The van der Waals surface area contributed by atoms with Crippen molar-refractivity contribution in [2.45, 2.75) is 45.6 Å². The van der Waals surface area contributed by atoms with Crippen LogP contribution >= 0.6 is 0 Å². The van der Waals surface area contributed by atoms with Gasteiger partial charge in [-0.1, -0.05) is 44.9 Å². The fourth-order valence-corrected chi connectivity index (χ4v) is 1.60. The molecule has 0 aliphatic rings. The van der Waals surface area contributed by atoms with E-state index in [-0.39, 0.29) is 0 Å². The van der Waals surface area contributed by atoms with Crippen LogP contribution in [0, 0.1) is 0 Å². The van der Waals surface area contributed by atoms with E-state index in [9.17, 15) is 0 Å². The van der Waals surface area contributed by atoms with Crippen molar-refractivity contribution < 1.29 is 0 Å². The molecule has 1 nitrogen and oxygen atoms in total. The summed E-state index contributed by atoms with van der Waals surface area (Å²) in [7, 11) is 0. The number of benzene rings is 1. The molecular weight excluding hydrogens is 170 g/mol. The number of nitrogens with one attached hydrogen (secondary N) is 1. The second-order valence-corrected chi connectivity index (χ2v) is 3.76. The van der Waals surface area contributed by atoms with E-state index >= 15 is 0 Å². The first-order valence-electron chi connectivity index (χ1n) is 5.68. The van der Waals surface area contributed by atoms with E-state index in [0.717, 1.165) is 0 Å². The molecule has 78 valence electrons. The smallest absolute Gasteiger partial charge is 0.0342 e. The Morgan fingerprint density at radius 2 is 1.86 bits per heavy atom. The topological polar surface area (TPSA) is 12.0 Å². The predicted octanol–water partition coefficient (Wildman–Crippen LogP) is 4.07. The van der Waals surface area contributed by atoms with Crippen LogP contribution < -0.4 is 5.32 Å². The molecule has 1 heteroatoms. The molecule has 0 saturated carbocycles. The second-order valence-electron chi connectivity index (χ2n) is 3.76. The molecule has 0 aliphatic carbocycles. The molecule has 1 aromatic rings. The molecule has 1 unspecified atom stereocenters. The van der Waals surface area contributed by atoms with Crippen LogP contribution in [-0.4, -0.2) is 6.04 Å². The Morgan fingerprint density at radius 3 is 2.43 bits per heavy atom. The summed E-state index contributed by atoms with van der Waals surface area (Å²) in [6.07, 6.45) is 5.09. The lowest BCUT2D eigenvalue weighted by atomic mass is 10.1. The zero-order valence-corrected chi connectivity index (χ0v) is 9.29. The van der Waals surface area contributed by atoms with Crippen molar-refractivity contribution in [2.24, 2.45) is 0 Å². The van der Waals surface area contributed by atoms with Gasteiger partial charge in [0.15, 0.2) is 0 Å². The molecule has 0 aromatic heterocycles. The van der Waals surface area contributed by atoms with Crippen molar-refractivity contribution in [3.63, 3.8) is 0 Å². The number of para-hydroxylation sites is 1. The highest BCUT2D eigenvalue weighted by atomic mass is 14.9. The van der Waals surface area contributed by atoms with Gasteiger partial charge >= 0.3 is 0 Å². The number of rotatable bonds is 6. The van der Waals surface area contributed by atoms with Gasteiger partial charge in [0.25, 0.3) is 0 Å². The van der Waals surface area contributed by atoms with Crippen LogP contribution in [0.3, 0.4) is 0 Å². The molecule has 0 amide bonds. The molecule has 0 heterocycles. The molecule has 0 fully saturated rings. The molecule has 14 heavy (non-hydrogen) atoms. The average Bonchev–Trinajstić information content (AvgIpc) is 2.25. The van der Waals surface area contributed by atoms with Gasteiger partial charge in [0.2, 0.25) is 0 Å². The highest BCUT2D eigenvalue weighted by molar-refractivity contribution is 5.43. The fourth-order valence-electron chi connectivity index (χ4n) is 1.60. The minimum atomic E-state index is 0.636. The third-order valence-corrected chi connectivity index (χ3v) is 2.54. The Balaban J connectivity index is 2.40. The van der Waals surface area contributed by atoms with Gasteiger partial charge in [0.05, 0.1) is 0 Å². The quantitative estimate of drug-likeness (QED) is 0.714. The van der Waals surface area contributed by atoms with Gasteiger partial charge in [-0.25, -0.2) is 0 Å². The Kier molecular flexibility index (Phi) is 5.13. The van der Waals surface area contributed by atoms with Gasteiger partial charge in [-0.15, -0.1) is 0 Å². The molecule has 1 aromatic carbocycles. The minimum Gasteiger partial charge on any atom is -0.382 e. The van der Waals surface area contributed by atoms with Crippen LogP contribution in [0.5, 0.6) is 0 Å². The summed E-state index contributed by atoms with van der Waals surface area (Å²) in [5.74, 6) is 0. The minimum absolute atomic E-state index is 0.636. The summed E-state index contributed by atoms with van der Waals surface area (Å²) in [4.78, 5) is 0. The lowest BCUT2D eigenvalue weighted by molar-refractivity contribution is 0.593. The number of anilines is 1. The van der Waals surface area contributed by atoms with Crippen molar-refractivity contribution in [3.8, 4) is 0 Å². The fraction of sp³-hybridized carbons (Fsp3) is 0.538. The zero-order valence-electron chi connectivity index (χ0n) is 9.29. The molecule has 0 spiro atoms. The van der Waals surface area contributed by atoms with E-state index in [1.165, 1.54) is 31.4 Å². The standard InChI is InChI=1S/C13H21N/c1-3-5-9-12(4-2)14-13-10-7-6-8-11-13/h6-8,10-12,14H,3-5,9H2,1-2H3. The molecule has 1 N–H and O–H groups in total. The predicted molar refractivity (Wildman–Crippen MR) is 63.7 cm³/mol. The SMILES string of the molecule is CCCCC(CC)Nc1ccccc1. The second kappa shape index (κ2) is 6.47. The van der Waals surface area contributed by atoms with E-state index in [2.05, 4.69) is 49.5 Å². The van der Waals surface area contributed by atoms with Crippen LogP contribution in [-0.2, 0) is 0 Å². The van der Waals surface area contributed by atoms with Crippen LogP contribution in [0.2, 0.25) is 0 Å². The maximum absolute atomic E-state index is 3.56. The Bertz CT molecular complexity index is 230. The summed E-state index contributed by atoms with van der Waals surface area (Å²) in [5.41, 5.74) is 1.25. The van der Waals surface area contributed by atoms with E-state index in [4.69, 9.17) is 0 Å². The molecule has 1 atom stereocenters. The summed E-state index contributed by atoms with van der Waals surface area (Å²) in [5, 5.41) is 3.56. The van der Waals surface area contributed by atoms with Crippen LogP contribution in [0.15, 0.2) is 30.3 Å². The number of hydrogen-bond acceptors (Lipinski definition) is 1. The van der Waals surface area contributed by atoms with Gasteiger partial charge in [-0.3, -0.25) is 0 Å². The monoisotopic (exact) mass is 191 g/mol. The van der Waals surface area contributed by atoms with Crippen molar-refractivity contribution in [2.75, 3.05) is 5.32 Å². The normalized spacial score (nSPS) is 12.4.